The van der Waals surface area contributed by atoms with E-state index in [0.29, 0.717) is 0 Å². The number of fused-ring (bicyclic) bond motifs is 1. The number of sulfonamides is 1. The van der Waals surface area contributed by atoms with Crippen molar-refractivity contribution in [1.82, 2.24) is 9.13 Å². The minimum absolute atomic E-state index is 0.0666. The lowest BCUT2D eigenvalue weighted by molar-refractivity contribution is 0.587. The summed E-state index contributed by atoms with van der Waals surface area (Å²) in [6, 6.07) is 0. The van der Waals surface area contributed by atoms with Gasteiger partial charge in [0.2, 0.25) is 0 Å². The quantitative estimate of drug-likeness (QED) is 0.581. The summed E-state index contributed by atoms with van der Waals surface area (Å²) in [4.78, 5) is 22.7. The van der Waals surface area contributed by atoms with Gasteiger partial charge in [0.05, 0.1) is 0 Å². The predicted octanol–water partition coefficient (Wildman–Crippen LogP) is -1.77. The average Bonchev–Trinajstić information content (AvgIpc) is 2.21. The second kappa shape index (κ2) is 3.04. The standard InChI is InChI=1S/C7H8N4O4S/c1-10-5-4(6(12)11(2)7(10)13)16(14,15)9-3-8-5/h3H,1-2H3,(H,8,9). The van der Waals surface area contributed by atoms with E-state index in [4.69, 9.17) is 0 Å². The first-order valence-electron chi connectivity index (χ1n) is 4.21. The normalized spacial score (nSPS) is 16.6. The Bertz CT molecular complexity index is 709. The molecule has 0 aliphatic carbocycles. The zero-order valence-electron chi connectivity index (χ0n) is 8.46. The lowest BCUT2D eigenvalue weighted by Gasteiger charge is -2.15. The highest BCUT2D eigenvalue weighted by Crippen LogP contribution is 2.19. The van der Waals surface area contributed by atoms with Gasteiger partial charge in [0.25, 0.3) is 15.6 Å². The summed E-state index contributed by atoms with van der Waals surface area (Å²) < 4.78 is 28.0. The van der Waals surface area contributed by atoms with Crippen LogP contribution in [-0.4, -0.2) is 23.9 Å². The van der Waals surface area contributed by atoms with Crippen LogP contribution < -0.4 is 16.6 Å². The molecular weight excluding hydrogens is 236 g/mol. The first-order valence-corrected chi connectivity index (χ1v) is 5.65. The van der Waals surface area contributed by atoms with Gasteiger partial charge in [-0.25, -0.2) is 4.79 Å². The molecule has 0 spiro atoms. The van der Waals surface area contributed by atoms with Crippen molar-refractivity contribution in [2.75, 3.05) is 5.32 Å². The maximum Gasteiger partial charge on any atom is 0.332 e. The van der Waals surface area contributed by atoms with Crippen molar-refractivity contribution in [2.45, 2.75) is 4.90 Å². The number of nitrogens with one attached hydrogen (secondary N) is 1. The second-order valence-electron chi connectivity index (χ2n) is 3.24. The van der Waals surface area contributed by atoms with E-state index >= 15 is 0 Å². The van der Waals surface area contributed by atoms with Crippen LogP contribution in [-0.2, 0) is 24.1 Å². The third kappa shape index (κ3) is 1.21. The van der Waals surface area contributed by atoms with Crippen LogP contribution in [0, 0.1) is 0 Å². The molecule has 1 aliphatic rings. The van der Waals surface area contributed by atoms with Crippen molar-refractivity contribution in [3.05, 3.63) is 20.8 Å². The van der Waals surface area contributed by atoms with Crippen LogP contribution in [0.5, 0.6) is 0 Å². The van der Waals surface area contributed by atoms with E-state index in [-0.39, 0.29) is 5.82 Å². The minimum atomic E-state index is -4.02. The molecule has 2 rings (SSSR count). The van der Waals surface area contributed by atoms with E-state index < -0.39 is 26.2 Å². The summed E-state index contributed by atoms with van der Waals surface area (Å²) in [5.74, 6) is -0.0666. The molecule has 16 heavy (non-hydrogen) atoms. The van der Waals surface area contributed by atoms with E-state index in [1.54, 1.807) is 0 Å². The molecule has 0 bridgehead atoms. The molecule has 1 aromatic heterocycles. The SMILES string of the molecule is Cn1c2c(c(=O)n(C)c1=O)S(=O)(=O)N=CN2. The van der Waals surface area contributed by atoms with E-state index in [2.05, 4.69) is 9.71 Å². The monoisotopic (exact) mass is 244 g/mol. The number of anilines is 1. The molecule has 0 radical (unpaired) electrons. The highest BCUT2D eigenvalue weighted by Gasteiger charge is 2.28. The minimum Gasteiger partial charge on any atom is -0.330 e. The molecule has 86 valence electrons. The number of rotatable bonds is 0. The summed E-state index contributed by atoms with van der Waals surface area (Å²) in [6.45, 7) is 0. The molecule has 0 unspecified atom stereocenters. The Morgan fingerprint density at radius 3 is 2.50 bits per heavy atom. The summed E-state index contributed by atoms with van der Waals surface area (Å²) in [5, 5.41) is 2.47. The van der Waals surface area contributed by atoms with Gasteiger partial charge in [-0.05, 0) is 0 Å². The van der Waals surface area contributed by atoms with E-state index in [1.807, 2.05) is 0 Å². The van der Waals surface area contributed by atoms with Crippen molar-refractivity contribution in [3.63, 3.8) is 0 Å². The van der Waals surface area contributed by atoms with E-state index in [1.165, 1.54) is 14.1 Å². The Hall–Kier alpha value is -1.90. The average molecular weight is 244 g/mol. The van der Waals surface area contributed by atoms with E-state index in [9.17, 15) is 18.0 Å². The number of hydrogen-bond donors (Lipinski definition) is 1. The fourth-order valence-electron chi connectivity index (χ4n) is 1.42. The van der Waals surface area contributed by atoms with Gasteiger partial charge in [-0.15, -0.1) is 4.40 Å². The lowest BCUT2D eigenvalue weighted by Crippen LogP contribution is -2.42. The van der Waals surface area contributed by atoms with Gasteiger partial charge in [-0.1, -0.05) is 0 Å². The van der Waals surface area contributed by atoms with Crippen molar-refractivity contribution >= 4 is 22.2 Å². The summed E-state index contributed by atoms with van der Waals surface area (Å²) in [5.41, 5.74) is -1.50. The molecule has 0 saturated heterocycles. The molecule has 1 N–H and O–H groups in total. The predicted molar refractivity (Wildman–Crippen MR) is 56.2 cm³/mol. The molecule has 0 saturated carbocycles. The first-order chi connectivity index (χ1) is 7.36. The molecule has 8 nitrogen and oxygen atoms in total. The van der Waals surface area contributed by atoms with Gasteiger partial charge < -0.3 is 5.32 Å². The Balaban J connectivity index is 3.09. The van der Waals surface area contributed by atoms with Gasteiger partial charge in [-0.3, -0.25) is 13.9 Å². The molecule has 0 atom stereocenters. The summed E-state index contributed by atoms with van der Waals surface area (Å²) in [6.07, 6.45) is 0.927. The first kappa shape index (κ1) is 10.6. The topological polar surface area (TPSA) is 103 Å². The van der Waals surface area contributed by atoms with Gasteiger partial charge in [0, 0.05) is 14.1 Å². The van der Waals surface area contributed by atoms with Crippen LogP contribution in [0.4, 0.5) is 5.82 Å². The third-order valence-electron chi connectivity index (χ3n) is 2.27. The number of hydrogen-bond acceptors (Lipinski definition) is 5. The van der Waals surface area contributed by atoms with Gasteiger partial charge in [0.15, 0.2) is 4.90 Å². The molecule has 0 amide bonds. The Morgan fingerprint density at radius 1 is 1.25 bits per heavy atom. The smallest absolute Gasteiger partial charge is 0.330 e. The zero-order valence-corrected chi connectivity index (χ0v) is 9.28. The third-order valence-corrected chi connectivity index (χ3v) is 3.54. The molecule has 1 aliphatic heterocycles. The Kier molecular flexibility index (Phi) is 2.02. The van der Waals surface area contributed by atoms with Crippen molar-refractivity contribution < 1.29 is 8.42 Å². The molecule has 0 aromatic carbocycles. The molecule has 2 heterocycles. The van der Waals surface area contributed by atoms with Crippen LogP contribution in [0.15, 0.2) is 18.9 Å². The van der Waals surface area contributed by atoms with E-state index in [0.717, 1.165) is 15.5 Å². The van der Waals surface area contributed by atoms with Crippen LogP contribution in [0.25, 0.3) is 0 Å². The van der Waals surface area contributed by atoms with Crippen LogP contribution in [0.3, 0.4) is 0 Å². The summed E-state index contributed by atoms with van der Waals surface area (Å²) >= 11 is 0. The number of aromatic nitrogens is 2. The van der Waals surface area contributed by atoms with Gasteiger partial charge in [-0.2, -0.15) is 8.42 Å². The molecule has 0 fully saturated rings. The van der Waals surface area contributed by atoms with Crippen molar-refractivity contribution in [2.24, 2.45) is 18.5 Å². The second-order valence-corrected chi connectivity index (χ2v) is 4.81. The van der Waals surface area contributed by atoms with Gasteiger partial charge >= 0.3 is 5.69 Å². The van der Waals surface area contributed by atoms with Crippen LogP contribution in [0.1, 0.15) is 0 Å². The highest BCUT2D eigenvalue weighted by atomic mass is 32.2. The van der Waals surface area contributed by atoms with Crippen LogP contribution >= 0.6 is 0 Å². The number of nitrogens with zero attached hydrogens (tertiary/aromatic N) is 3. The largest absolute Gasteiger partial charge is 0.332 e. The maximum atomic E-state index is 11.7. The Morgan fingerprint density at radius 2 is 1.88 bits per heavy atom. The van der Waals surface area contributed by atoms with Crippen LogP contribution in [0.2, 0.25) is 0 Å². The molecule has 9 heteroatoms. The van der Waals surface area contributed by atoms with Crippen molar-refractivity contribution in [3.8, 4) is 0 Å². The summed E-state index contributed by atoms with van der Waals surface area (Å²) in [7, 11) is -1.45. The zero-order chi connectivity index (χ0) is 12.1. The van der Waals surface area contributed by atoms with Crippen molar-refractivity contribution in [1.29, 1.82) is 0 Å². The van der Waals surface area contributed by atoms with Gasteiger partial charge in [0.1, 0.15) is 12.2 Å². The molecular formula is C7H8N4O4S. The lowest BCUT2D eigenvalue weighted by atomic mass is 10.5. The highest BCUT2D eigenvalue weighted by molar-refractivity contribution is 7.90. The fourth-order valence-corrected chi connectivity index (χ4v) is 2.51. The Labute approximate surface area is 89.9 Å². The maximum absolute atomic E-state index is 11.7. The fraction of sp³-hybridized carbons (Fsp3) is 0.286. The molecule has 1 aromatic rings.